The quantitative estimate of drug-likeness (QED) is 0.716. The molecule has 0 unspecified atom stereocenters. The molecule has 0 saturated carbocycles. The number of amides is 2. The summed E-state index contributed by atoms with van der Waals surface area (Å²) in [6.07, 6.45) is -2.26. The molecule has 5 nitrogen and oxygen atoms in total. The van der Waals surface area contributed by atoms with Crippen molar-refractivity contribution in [1.29, 1.82) is 0 Å². The van der Waals surface area contributed by atoms with Crippen molar-refractivity contribution in [2.75, 3.05) is 31.6 Å². The van der Waals surface area contributed by atoms with Gasteiger partial charge >= 0.3 is 6.18 Å². The van der Waals surface area contributed by atoms with Gasteiger partial charge in [0.2, 0.25) is 5.91 Å². The van der Waals surface area contributed by atoms with Crippen LogP contribution in [0.25, 0.3) is 6.08 Å². The lowest BCUT2D eigenvalue weighted by atomic mass is 10.1. The minimum atomic E-state index is -4.60. The van der Waals surface area contributed by atoms with Gasteiger partial charge in [0.25, 0.3) is 5.91 Å². The summed E-state index contributed by atoms with van der Waals surface area (Å²) >= 11 is 5.59. The summed E-state index contributed by atoms with van der Waals surface area (Å²) in [4.78, 5) is 26.7. The summed E-state index contributed by atoms with van der Waals surface area (Å²) in [5.74, 6) is -0.813. The van der Waals surface area contributed by atoms with Crippen LogP contribution in [0.5, 0.6) is 0 Å². The maximum Gasteiger partial charge on any atom is 0.417 e. The standard InChI is InChI=1S/C21H18ClF3N2O3/c22-17-7-5-14(13-16(17)21(23,24)25)6-8-19(28)26-18-4-2-1-3-15(18)20(29)27-9-11-30-12-10-27/h1-8,13H,9-12H2,(H,26,28). The number of ether oxygens (including phenoxy) is 1. The fourth-order valence-electron chi connectivity index (χ4n) is 2.93. The predicted molar refractivity (Wildman–Crippen MR) is 107 cm³/mol. The molecule has 0 bridgehead atoms. The van der Waals surface area contributed by atoms with Crippen molar-refractivity contribution >= 4 is 35.2 Å². The van der Waals surface area contributed by atoms with Gasteiger partial charge < -0.3 is 15.0 Å². The smallest absolute Gasteiger partial charge is 0.378 e. The van der Waals surface area contributed by atoms with E-state index in [0.717, 1.165) is 18.2 Å². The van der Waals surface area contributed by atoms with E-state index in [-0.39, 0.29) is 11.5 Å². The number of carbonyl (C=O) groups excluding carboxylic acids is 2. The van der Waals surface area contributed by atoms with E-state index >= 15 is 0 Å². The van der Waals surface area contributed by atoms with Crippen LogP contribution in [0.1, 0.15) is 21.5 Å². The lowest BCUT2D eigenvalue weighted by Gasteiger charge is -2.27. The Hall–Kier alpha value is -2.84. The van der Waals surface area contributed by atoms with Crippen molar-refractivity contribution in [2.45, 2.75) is 6.18 Å². The Bertz CT molecular complexity index is 970. The van der Waals surface area contributed by atoms with E-state index in [0.29, 0.717) is 37.6 Å². The van der Waals surface area contributed by atoms with E-state index in [9.17, 15) is 22.8 Å². The average Bonchev–Trinajstić information content (AvgIpc) is 2.73. The molecule has 158 valence electrons. The van der Waals surface area contributed by atoms with Crippen LogP contribution < -0.4 is 5.32 Å². The molecule has 1 aliphatic heterocycles. The highest BCUT2D eigenvalue weighted by Gasteiger charge is 2.33. The largest absolute Gasteiger partial charge is 0.417 e. The van der Waals surface area contributed by atoms with Crippen molar-refractivity contribution in [1.82, 2.24) is 4.90 Å². The van der Waals surface area contributed by atoms with Crippen LogP contribution in [0.15, 0.2) is 48.5 Å². The summed E-state index contributed by atoms with van der Waals surface area (Å²) in [6, 6.07) is 9.91. The highest BCUT2D eigenvalue weighted by atomic mass is 35.5. The van der Waals surface area contributed by atoms with Gasteiger partial charge in [0.05, 0.1) is 35.1 Å². The molecule has 1 saturated heterocycles. The Morgan fingerprint density at radius 2 is 1.80 bits per heavy atom. The Morgan fingerprint density at radius 3 is 2.50 bits per heavy atom. The Kier molecular flexibility index (Phi) is 6.79. The van der Waals surface area contributed by atoms with Gasteiger partial charge in [0, 0.05) is 19.2 Å². The maximum atomic E-state index is 13.0. The molecule has 2 aromatic carbocycles. The van der Waals surface area contributed by atoms with E-state index in [1.807, 2.05) is 0 Å². The SMILES string of the molecule is O=C(C=Cc1ccc(Cl)c(C(F)(F)F)c1)Nc1ccccc1C(=O)N1CCOCC1. The number of nitrogens with one attached hydrogen (secondary N) is 1. The zero-order valence-corrected chi connectivity index (χ0v) is 16.5. The van der Waals surface area contributed by atoms with Crippen molar-refractivity contribution in [2.24, 2.45) is 0 Å². The number of halogens is 4. The number of alkyl halides is 3. The van der Waals surface area contributed by atoms with Gasteiger partial charge in [-0.2, -0.15) is 13.2 Å². The lowest BCUT2D eigenvalue weighted by Crippen LogP contribution is -2.41. The van der Waals surface area contributed by atoms with Gasteiger partial charge in [0.1, 0.15) is 0 Å². The number of nitrogens with zero attached hydrogens (tertiary/aromatic N) is 1. The normalized spacial score (nSPS) is 14.7. The lowest BCUT2D eigenvalue weighted by molar-refractivity contribution is -0.137. The molecule has 9 heteroatoms. The van der Waals surface area contributed by atoms with Crippen LogP contribution >= 0.6 is 11.6 Å². The second-order valence-electron chi connectivity index (χ2n) is 6.51. The summed E-state index contributed by atoms with van der Waals surface area (Å²) in [5, 5.41) is 2.19. The summed E-state index contributed by atoms with van der Waals surface area (Å²) in [6.45, 7) is 1.81. The fourth-order valence-corrected chi connectivity index (χ4v) is 3.15. The van der Waals surface area contributed by atoms with Crippen LogP contribution in [-0.4, -0.2) is 43.0 Å². The zero-order chi connectivity index (χ0) is 21.7. The zero-order valence-electron chi connectivity index (χ0n) is 15.7. The Balaban J connectivity index is 1.73. The molecule has 0 atom stereocenters. The molecule has 3 rings (SSSR count). The second kappa shape index (κ2) is 9.32. The first kappa shape index (κ1) is 21.9. The van der Waals surface area contributed by atoms with E-state index in [1.54, 1.807) is 29.2 Å². The third-order valence-electron chi connectivity index (χ3n) is 4.44. The number of anilines is 1. The average molecular weight is 439 g/mol. The molecule has 1 fully saturated rings. The van der Waals surface area contributed by atoms with Gasteiger partial charge in [-0.1, -0.05) is 29.8 Å². The summed E-state index contributed by atoms with van der Waals surface area (Å²) in [5.41, 5.74) is -0.171. The molecular formula is C21H18ClF3N2O3. The van der Waals surface area contributed by atoms with E-state index in [1.165, 1.54) is 12.1 Å². The van der Waals surface area contributed by atoms with Crippen molar-refractivity contribution in [3.63, 3.8) is 0 Å². The summed E-state index contributed by atoms with van der Waals surface area (Å²) < 4.78 is 44.1. The van der Waals surface area contributed by atoms with Crippen LogP contribution in [0.2, 0.25) is 5.02 Å². The third kappa shape index (κ3) is 5.40. The Morgan fingerprint density at radius 1 is 1.10 bits per heavy atom. The van der Waals surface area contributed by atoms with Crippen molar-refractivity contribution < 1.29 is 27.5 Å². The molecule has 30 heavy (non-hydrogen) atoms. The maximum absolute atomic E-state index is 13.0. The fraction of sp³-hybridized carbons (Fsp3) is 0.238. The van der Waals surface area contributed by atoms with Crippen molar-refractivity contribution in [3.05, 3.63) is 70.3 Å². The molecule has 0 aromatic heterocycles. The van der Waals surface area contributed by atoms with Gasteiger partial charge in [-0.25, -0.2) is 0 Å². The first-order chi connectivity index (χ1) is 14.3. The second-order valence-corrected chi connectivity index (χ2v) is 6.92. The third-order valence-corrected chi connectivity index (χ3v) is 4.77. The monoisotopic (exact) mass is 438 g/mol. The number of carbonyl (C=O) groups is 2. The number of rotatable bonds is 4. The van der Waals surface area contributed by atoms with Crippen LogP contribution in [-0.2, 0) is 15.7 Å². The minimum absolute atomic E-state index is 0.166. The van der Waals surface area contributed by atoms with E-state index in [2.05, 4.69) is 5.32 Å². The predicted octanol–water partition coefficient (Wildman–Crippen LogP) is 4.48. The van der Waals surface area contributed by atoms with Gasteiger partial charge in [-0.3, -0.25) is 9.59 Å². The molecule has 1 heterocycles. The minimum Gasteiger partial charge on any atom is -0.378 e. The number of benzene rings is 2. The highest BCUT2D eigenvalue weighted by molar-refractivity contribution is 6.31. The van der Waals surface area contributed by atoms with Crippen LogP contribution in [0, 0.1) is 0 Å². The van der Waals surface area contributed by atoms with Gasteiger partial charge in [-0.15, -0.1) is 0 Å². The number of para-hydroxylation sites is 1. The number of hydrogen-bond donors (Lipinski definition) is 1. The molecule has 0 radical (unpaired) electrons. The Labute approximate surface area is 176 Å². The molecule has 2 amide bonds. The molecular weight excluding hydrogens is 421 g/mol. The van der Waals surface area contributed by atoms with E-state index < -0.39 is 22.7 Å². The molecule has 0 spiro atoms. The first-order valence-corrected chi connectivity index (χ1v) is 9.45. The molecule has 0 aliphatic carbocycles. The van der Waals surface area contributed by atoms with Crippen molar-refractivity contribution in [3.8, 4) is 0 Å². The van der Waals surface area contributed by atoms with Crippen LogP contribution in [0.3, 0.4) is 0 Å². The van der Waals surface area contributed by atoms with Gasteiger partial charge in [-0.05, 0) is 35.9 Å². The number of morpholine rings is 1. The topological polar surface area (TPSA) is 58.6 Å². The van der Waals surface area contributed by atoms with Gasteiger partial charge in [0.15, 0.2) is 0 Å². The summed E-state index contributed by atoms with van der Waals surface area (Å²) in [7, 11) is 0. The highest BCUT2D eigenvalue weighted by Crippen LogP contribution is 2.35. The molecule has 1 aliphatic rings. The van der Waals surface area contributed by atoms with Crippen LogP contribution in [0.4, 0.5) is 18.9 Å². The van der Waals surface area contributed by atoms with E-state index in [4.69, 9.17) is 16.3 Å². The molecule has 2 aromatic rings. The first-order valence-electron chi connectivity index (χ1n) is 9.07. The molecule has 1 N–H and O–H groups in total. The number of hydrogen-bond acceptors (Lipinski definition) is 3.